The van der Waals surface area contributed by atoms with Gasteiger partial charge in [0.2, 0.25) is 0 Å². The molecule has 0 saturated carbocycles. The van der Waals surface area contributed by atoms with Crippen molar-refractivity contribution >= 4 is 21.4 Å². The van der Waals surface area contributed by atoms with Gasteiger partial charge in [-0.2, -0.15) is 0 Å². The van der Waals surface area contributed by atoms with Crippen LogP contribution in [0.1, 0.15) is 37.6 Å². The van der Waals surface area contributed by atoms with Crippen molar-refractivity contribution in [2.75, 3.05) is 43.4 Å². The third-order valence-corrected chi connectivity index (χ3v) is 8.80. The minimum Gasteiger partial charge on any atom is -0.494 e. The number of nitrogens with zero attached hydrogens (tertiary/aromatic N) is 2. The molecule has 3 heterocycles. The predicted molar refractivity (Wildman–Crippen MR) is 134 cm³/mol. The third kappa shape index (κ3) is 4.93. The zero-order valence-corrected chi connectivity index (χ0v) is 21.1. The maximum atomic E-state index is 13.5. The van der Waals surface area contributed by atoms with E-state index in [0.29, 0.717) is 31.2 Å². The fourth-order valence-electron chi connectivity index (χ4n) is 5.45. The molecule has 3 saturated heterocycles. The van der Waals surface area contributed by atoms with Crippen LogP contribution in [0.2, 0.25) is 0 Å². The molecule has 0 spiro atoms. The summed E-state index contributed by atoms with van der Waals surface area (Å²) in [5.74, 6) is 1.06. The van der Waals surface area contributed by atoms with Crippen LogP contribution in [0, 0.1) is 11.3 Å². The number of ether oxygens (including phenoxy) is 1. The highest BCUT2D eigenvalue weighted by molar-refractivity contribution is 7.91. The minimum atomic E-state index is -3.42. The van der Waals surface area contributed by atoms with Gasteiger partial charge in [0.25, 0.3) is 5.91 Å². The Balaban J connectivity index is 1.56. The van der Waals surface area contributed by atoms with Crippen LogP contribution in [0.3, 0.4) is 0 Å². The summed E-state index contributed by atoms with van der Waals surface area (Å²) in [5.41, 5.74) is 7.13. The van der Waals surface area contributed by atoms with Gasteiger partial charge in [-0.25, -0.2) is 8.42 Å². The number of carbonyl (C=O) groups excluding carboxylic acids is 1. The van der Waals surface area contributed by atoms with Gasteiger partial charge in [-0.1, -0.05) is 13.8 Å². The zero-order valence-electron chi connectivity index (χ0n) is 20.2. The van der Waals surface area contributed by atoms with Crippen molar-refractivity contribution in [1.82, 2.24) is 4.90 Å². The average molecular weight is 486 g/mol. The van der Waals surface area contributed by atoms with Crippen LogP contribution in [-0.2, 0) is 9.84 Å². The zero-order chi connectivity index (χ0) is 24.5. The monoisotopic (exact) mass is 485 g/mol. The number of amides is 1. The van der Waals surface area contributed by atoms with Crippen molar-refractivity contribution in [1.29, 1.82) is 0 Å². The van der Waals surface area contributed by atoms with E-state index in [4.69, 9.17) is 10.5 Å². The normalized spacial score (nSPS) is 21.9. The molecule has 5 rings (SSSR count). The van der Waals surface area contributed by atoms with Crippen LogP contribution in [0.15, 0.2) is 53.4 Å². The van der Waals surface area contributed by atoms with E-state index in [1.165, 1.54) is 12.1 Å². The van der Waals surface area contributed by atoms with Crippen LogP contribution < -0.4 is 15.4 Å². The molecule has 8 heteroatoms. The van der Waals surface area contributed by atoms with Gasteiger partial charge in [0, 0.05) is 37.4 Å². The highest BCUT2D eigenvalue weighted by atomic mass is 32.2. The number of sulfone groups is 1. The Morgan fingerprint density at radius 1 is 1.06 bits per heavy atom. The number of rotatable bonds is 7. The van der Waals surface area contributed by atoms with Crippen LogP contribution in [0.4, 0.5) is 5.69 Å². The first-order valence-corrected chi connectivity index (χ1v) is 13.6. The molecule has 0 aliphatic carbocycles. The number of fused-ring (bicyclic) bond motifs is 4. The van der Waals surface area contributed by atoms with E-state index in [1.54, 1.807) is 12.1 Å². The van der Waals surface area contributed by atoms with Crippen LogP contribution in [-0.4, -0.2) is 63.8 Å². The lowest BCUT2D eigenvalue weighted by Gasteiger charge is -2.48. The van der Waals surface area contributed by atoms with E-state index < -0.39 is 9.84 Å². The van der Waals surface area contributed by atoms with Gasteiger partial charge in [-0.05, 0) is 73.2 Å². The largest absolute Gasteiger partial charge is 0.494 e. The molecule has 7 nitrogen and oxygen atoms in total. The Morgan fingerprint density at radius 2 is 1.74 bits per heavy atom. The van der Waals surface area contributed by atoms with E-state index in [9.17, 15) is 13.2 Å². The fourth-order valence-corrected chi connectivity index (χ4v) is 6.54. The second-order valence-electron chi connectivity index (χ2n) is 10.00. The quantitative estimate of drug-likeness (QED) is 0.648. The number of hydrogen-bond acceptors (Lipinski definition) is 6. The lowest BCUT2D eigenvalue weighted by atomic mass is 9.73. The van der Waals surface area contributed by atoms with Gasteiger partial charge < -0.3 is 20.3 Å². The number of benzene rings is 2. The molecular weight excluding hydrogens is 450 g/mol. The summed E-state index contributed by atoms with van der Waals surface area (Å²) in [6.07, 6.45) is 1.06. The van der Waals surface area contributed by atoms with Gasteiger partial charge >= 0.3 is 0 Å². The molecule has 0 radical (unpaired) electrons. The summed E-state index contributed by atoms with van der Waals surface area (Å²) in [6.45, 7) is 9.48. The van der Waals surface area contributed by atoms with Crippen LogP contribution in [0.25, 0.3) is 0 Å². The molecule has 184 valence electrons. The summed E-state index contributed by atoms with van der Waals surface area (Å²) in [6, 6.07) is 14.7. The van der Waals surface area contributed by atoms with Crippen molar-refractivity contribution in [2.24, 2.45) is 17.1 Å². The summed E-state index contributed by atoms with van der Waals surface area (Å²) in [7, 11) is -3.42. The molecule has 2 N–H and O–H groups in total. The van der Waals surface area contributed by atoms with Crippen LogP contribution in [0.5, 0.6) is 5.75 Å². The van der Waals surface area contributed by atoms with Crippen molar-refractivity contribution in [2.45, 2.75) is 38.1 Å². The van der Waals surface area contributed by atoms with Crippen molar-refractivity contribution in [3.63, 3.8) is 0 Å². The molecule has 0 aromatic heterocycles. The van der Waals surface area contributed by atoms with E-state index in [1.807, 2.05) is 24.0 Å². The lowest BCUT2D eigenvalue weighted by molar-refractivity contribution is 0.0746. The molecule has 2 bridgehead atoms. The van der Waals surface area contributed by atoms with Gasteiger partial charge in [0.05, 0.1) is 23.3 Å². The van der Waals surface area contributed by atoms with Gasteiger partial charge in [-0.15, -0.1) is 0 Å². The van der Waals surface area contributed by atoms with E-state index in [2.05, 4.69) is 30.9 Å². The van der Waals surface area contributed by atoms with Crippen molar-refractivity contribution < 1.29 is 17.9 Å². The first kappa shape index (κ1) is 24.5. The smallest absolute Gasteiger partial charge is 0.253 e. The highest BCUT2D eigenvalue weighted by Crippen LogP contribution is 2.43. The second-order valence-corrected chi connectivity index (χ2v) is 12.1. The average Bonchev–Trinajstić information content (AvgIpc) is 3.06. The topological polar surface area (TPSA) is 92.9 Å². The summed E-state index contributed by atoms with van der Waals surface area (Å²) < 4.78 is 30.1. The number of anilines is 1. The molecule has 2 aromatic rings. The first-order chi connectivity index (χ1) is 16.1. The molecule has 1 unspecified atom stereocenters. The summed E-state index contributed by atoms with van der Waals surface area (Å²) in [5, 5.41) is 0. The molecule has 3 aliphatic heterocycles. The number of carbonyl (C=O) groups is 1. The number of hydrogen-bond donors (Lipinski definition) is 1. The molecule has 3 aliphatic rings. The SMILES string of the molecule is CCOc1ccc(N2CC3CN(C(=O)c4ccc(S(=O)(=O)CCN)cc4)C[C@@H]2C(C)(C)C3)cc1. The lowest BCUT2D eigenvalue weighted by Crippen LogP contribution is -2.54. The van der Waals surface area contributed by atoms with Gasteiger partial charge in [0.15, 0.2) is 9.84 Å². The van der Waals surface area contributed by atoms with E-state index in [0.717, 1.165) is 24.4 Å². The second kappa shape index (κ2) is 9.58. The number of nitrogens with two attached hydrogens (primary N) is 1. The molecule has 2 aromatic carbocycles. The fraction of sp³-hybridized carbons (Fsp3) is 0.500. The first-order valence-electron chi connectivity index (χ1n) is 12.0. The molecule has 1 amide bonds. The van der Waals surface area contributed by atoms with Crippen LogP contribution >= 0.6 is 0 Å². The molecule has 34 heavy (non-hydrogen) atoms. The Hall–Kier alpha value is -2.58. The Labute approximate surface area is 202 Å². The van der Waals surface area contributed by atoms with Crippen molar-refractivity contribution in [3.8, 4) is 5.75 Å². The Bertz CT molecular complexity index is 1110. The third-order valence-electron chi connectivity index (χ3n) is 7.03. The van der Waals surface area contributed by atoms with Gasteiger partial charge in [0.1, 0.15) is 5.75 Å². The Morgan fingerprint density at radius 3 is 2.35 bits per heavy atom. The highest BCUT2D eigenvalue weighted by Gasteiger charge is 2.46. The van der Waals surface area contributed by atoms with Crippen molar-refractivity contribution in [3.05, 3.63) is 54.1 Å². The predicted octanol–water partition coefficient (Wildman–Crippen LogP) is 3.19. The standard InChI is InChI=1S/C26H35N3O4S/c1-4-33-22-9-7-21(8-10-22)29-17-19-15-26(2,3)24(29)18-28(16-19)25(30)20-5-11-23(12-6-20)34(31,32)14-13-27/h5-12,19,24H,4,13-18,27H2,1-3H3/t19?,24-/m1/s1. The van der Waals surface area contributed by atoms with E-state index in [-0.39, 0.29) is 34.6 Å². The van der Waals surface area contributed by atoms with Gasteiger partial charge in [-0.3, -0.25) is 4.79 Å². The van der Waals surface area contributed by atoms with E-state index >= 15 is 0 Å². The molecule has 3 fully saturated rings. The summed E-state index contributed by atoms with van der Waals surface area (Å²) in [4.78, 5) is 18.0. The molecular formula is C26H35N3O4S. The number of piperidine rings is 1. The maximum Gasteiger partial charge on any atom is 0.253 e. The molecule has 2 atom stereocenters. The summed E-state index contributed by atoms with van der Waals surface area (Å²) >= 11 is 0. The minimum absolute atomic E-state index is 0.0518. The maximum absolute atomic E-state index is 13.5. The Kier molecular flexibility index (Phi) is 6.92.